The maximum absolute atomic E-state index is 12.4. The van der Waals surface area contributed by atoms with Crippen LogP contribution < -0.4 is 5.32 Å². The van der Waals surface area contributed by atoms with Crippen LogP contribution >= 0.6 is 12.4 Å². The van der Waals surface area contributed by atoms with E-state index in [0.29, 0.717) is 5.69 Å². The molecule has 0 unspecified atom stereocenters. The third kappa shape index (κ3) is 2.67. The summed E-state index contributed by atoms with van der Waals surface area (Å²) in [6, 6.07) is 6.22. The SMILES string of the molecule is Cc1cc(C)c2cc(C(=O)N3CCNCC3)[nH]c2c1.Cl. The smallest absolute Gasteiger partial charge is 0.270 e. The van der Waals surface area contributed by atoms with E-state index in [1.807, 2.05) is 11.0 Å². The molecule has 1 amide bonds. The second-order valence-electron chi connectivity index (χ2n) is 5.27. The van der Waals surface area contributed by atoms with Crippen molar-refractivity contribution in [2.75, 3.05) is 26.2 Å². The van der Waals surface area contributed by atoms with Crippen molar-refractivity contribution in [3.8, 4) is 0 Å². The first kappa shape index (κ1) is 14.9. The predicted octanol–water partition coefficient (Wildman–Crippen LogP) is 2.25. The molecule has 0 radical (unpaired) electrons. The molecule has 20 heavy (non-hydrogen) atoms. The maximum Gasteiger partial charge on any atom is 0.270 e. The third-order valence-corrected chi connectivity index (χ3v) is 3.72. The van der Waals surface area contributed by atoms with Crippen molar-refractivity contribution in [1.29, 1.82) is 0 Å². The summed E-state index contributed by atoms with van der Waals surface area (Å²) in [5, 5.41) is 4.40. The molecule has 1 aliphatic rings. The van der Waals surface area contributed by atoms with Gasteiger partial charge in [-0.05, 0) is 37.1 Å². The van der Waals surface area contributed by atoms with Gasteiger partial charge in [0.1, 0.15) is 5.69 Å². The lowest BCUT2D eigenvalue weighted by atomic mass is 10.1. The van der Waals surface area contributed by atoms with Gasteiger partial charge in [0.15, 0.2) is 0 Å². The van der Waals surface area contributed by atoms with Crippen LogP contribution in [0.25, 0.3) is 10.9 Å². The molecule has 0 spiro atoms. The predicted molar refractivity (Wildman–Crippen MR) is 83.8 cm³/mol. The first-order valence-electron chi connectivity index (χ1n) is 6.75. The number of fused-ring (bicyclic) bond motifs is 1. The fraction of sp³-hybridized carbons (Fsp3) is 0.400. The molecule has 5 heteroatoms. The third-order valence-electron chi connectivity index (χ3n) is 3.72. The van der Waals surface area contributed by atoms with Gasteiger partial charge in [-0.25, -0.2) is 0 Å². The summed E-state index contributed by atoms with van der Waals surface area (Å²) in [5.41, 5.74) is 4.18. The van der Waals surface area contributed by atoms with Gasteiger partial charge < -0.3 is 15.2 Å². The Bertz CT molecular complexity index is 629. The summed E-state index contributed by atoms with van der Waals surface area (Å²) in [4.78, 5) is 17.6. The topological polar surface area (TPSA) is 48.1 Å². The van der Waals surface area contributed by atoms with Gasteiger partial charge in [0.05, 0.1) is 0 Å². The molecule has 4 nitrogen and oxygen atoms in total. The number of piperazine rings is 1. The number of rotatable bonds is 1. The molecule has 0 saturated carbocycles. The number of hydrogen-bond acceptors (Lipinski definition) is 2. The van der Waals surface area contributed by atoms with Crippen molar-refractivity contribution < 1.29 is 4.79 Å². The molecule has 1 aromatic carbocycles. The Morgan fingerprint density at radius 1 is 1.15 bits per heavy atom. The molecule has 108 valence electrons. The zero-order valence-corrected chi connectivity index (χ0v) is 12.6. The van der Waals surface area contributed by atoms with Crippen LogP contribution in [0.3, 0.4) is 0 Å². The van der Waals surface area contributed by atoms with E-state index in [1.165, 1.54) is 11.1 Å². The lowest BCUT2D eigenvalue weighted by Gasteiger charge is -2.26. The highest BCUT2D eigenvalue weighted by atomic mass is 35.5. The fourth-order valence-electron chi connectivity index (χ4n) is 2.75. The molecule has 1 aromatic heterocycles. The number of H-pyrrole nitrogens is 1. The molecular formula is C15H20ClN3O. The zero-order valence-electron chi connectivity index (χ0n) is 11.8. The van der Waals surface area contributed by atoms with Crippen molar-refractivity contribution in [2.45, 2.75) is 13.8 Å². The number of aryl methyl sites for hydroxylation is 2. The lowest BCUT2D eigenvalue weighted by molar-refractivity contribution is 0.0731. The molecule has 2 aromatic rings. The highest BCUT2D eigenvalue weighted by molar-refractivity contribution is 5.99. The van der Waals surface area contributed by atoms with Gasteiger partial charge in [0, 0.05) is 37.1 Å². The number of halogens is 1. The van der Waals surface area contributed by atoms with Crippen molar-refractivity contribution in [1.82, 2.24) is 15.2 Å². The van der Waals surface area contributed by atoms with E-state index in [-0.39, 0.29) is 18.3 Å². The van der Waals surface area contributed by atoms with E-state index in [1.54, 1.807) is 0 Å². The molecule has 1 fully saturated rings. The monoisotopic (exact) mass is 293 g/mol. The second kappa shape index (κ2) is 5.85. The Labute approximate surface area is 124 Å². The van der Waals surface area contributed by atoms with Crippen LogP contribution in [0.15, 0.2) is 18.2 Å². The van der Waals surface area contributed by atoms with Crippen LogP contribution in [0.5, 0.6) is 0 Å². The number of carbonyl (C=O) groups excluding carboxylic acids is 1. The average Bonchev–Trinajstić information content (AvgIpc) is 2.83. The largest absolute Gasteiger partial charge is 0.351 e. The first-order valence-corrected chi connectivity index (χ1v) is 6.75. The van der Waals surface area contributed by atoms with Gasteiger partial charge in [0.25, 0.3) is 5.91 Å². The minimum absolute atomic E-state index is 0. The highest BCUT2D eigenvalue weighted by Gasteiger charge is 2.19. The summed E-state index contributed by atoms with van der Waals surface area (Å²) in [7, 11) is 0. The van der Waals surface area contributed by atoms with Crippen molar-refractivity contribution in [3.05, 3.63) is 35.0 Å². The Morgan fingerprint density at radius 2 is 1.85 bits per heavy atom. The fourth-order valence-corrected chi connectivity index (χ4v) is 2.75. The van der Waals surface area contributed by atoms with Gasteiger partial charge in [-0.1, -0.05) is 6.07 Å². The van der Waals surface area contributed by atoms with Crippen molar-refractivity contribution in [2.24, 2.45) is 0 Å². The molecular weight excluding hydrogens is 274 g/mol. The van der Waals surface area contributed by atoms with Crippen LogP contribution in [-0.4, -0.2) is 42.0 Å². The van der Waals surface area contributed by atoms with E-state index in [2.05, 4.69) is 36.3 Å². The molecule has 2 N–H and O–H groups in total. The van der Waals surface area contributed by atoms with Gasteiger partial charge in [-0.3, -0.25) is 4.79 Å². The Hall–Kier alpha value is -1.52. The number of hydrogen-bond donors (Lipinski definition) is 2. The standard InChI is InChI=1S/C15H19N3O.ClH/c1-10-7-11(2)12-9-14(17-13(12)8-10)15(19)18-5-3-16-4-6-18;/h7-9,16-17H,3-6H2,1-2H3;1H. The lowest BCUT2D eigenvalue weighted by Crippen LogP contribution is -2.46. The molecule has 2 heterocycles. The number of aromatic amines is 1. The van der Waals surface area contributed by atoms with E-state index in [9.17, 15) is 4.79 Å². The summed E-state index contributed by atoms with van der Waals surface area (Å²) < 4.78 is 0. The zero-order chi connectivity index (χ0) is 13.4. The number of amides is 1. The van der Waals surface area contributed by atoms with Crippen LogP contribution in [-0.2, 0) is 0 Å². The van der Waals surface area contributed by atoms with Crippen molar-refractivity contribution in [3.63, 3.8) is 0 Å². The Kier molecular flexibility index (Phi) is 4.35. The molecule has 1 aliphatic heterocycles. The summed E-state index contributed by atoms with van der Waals surface area (Å²) >= 11 is 0. The van der Waals surface area contributed by atoms with Crippen molar-refractivity contribution >= 4 is 29.2 Å². The average molecular weight is 294 g/mol. The number of nitrogens with zero attached hydrogens (tertiary/aromatic N) is 1. The number of benzene rings is 1. The normalized spacial score (nSPS) is 15.2. The second-order valence-corrected chi connectivity index (χ2v) is 5.27. The van der Waals surface area contributed by atoms with E-state index < -0.39 is 0 Å². The van der Waals surface area contributed by atoms with Crippen LogP contribution in [0, 0.1) is 13.8 Å². The summed E-state index contributed by atoms with van der Waals surface area (Å²) in [6.45, 7) is 7.49. The summed E-state index contributed by atoms with van der Waals surface area (Å²) in [5.74, 6) is 0.106. The van der Waals surface area contributed by atoms with E-state index in [4.69, 9.17) is 0 Å². The van der Waals surface area contributed by atoms with Crippen LogP contribution in [0.1, 0.15) is 21.6 Å². The molecule has 1 saturated heterocycles. The Morgan fingerprint density at radius 3 is 2.55 bits per heavy atom. The first-order chi connectivity index (χ1) is 9.15. The number of carbonyl (C=O) groups is 1. The van der Waals surface area contributed by atoms with E-state index in [0.717, 1.165) is 37.1 Å². The van der Waals surface area contributed by atoms with Gasteiger partial charge in [-0.2, -0.15) is 0 Å². The van der Waals surface area contributed by atoms with Crippen LogP contribution in [0.4, 0.5) is 0 Å². The molecule has 0 atom stereocenters. The van der Waals surface area contributed by atoms with Gasteiger partial charge >= 0.3 is 0 Å². The highest BCUT2D eigenvalue weighted by Crippen LogP contribution is 2.22. The van der Waals surface area contributed by atoms with E-state index >= 15 is 0 Å². The minimum Gasteiger partial charge on any atom is -0.351 e. The quantitative estimate of drug-likeness (QED) is 0.847. The van der Waals surface area contributed by atoms with Crippen LogP contribution in [0.2, 0.25) is 0 Å². The molecule has 0 aliphatic carbocycles. The summed E-state index contributed by atoms with van der Waals surface area (Å²) in [6.07, 6.45) is 0. The maximum atomic E-state index is 12.4. The number of nitrogens with one attached hydrogen (secondary N) is 2. The molecule has 0 bridgehead atoms. The van der Waals surface area contributed by atoms with Gasteiger partial charge in [0.2, 0.25) is 0 Å². The molecule has 3 rings (SSSR count). The number of aromatic nitrogens is 1. The minimum atomic E-state index is 0. The van der Waals surface area contributed by atoms with Gasteiger partial charge in [-0.15, -0.1) is 12.4 Å². The Balaban J connectivity index is 0.00000147.